The molecule has 0 fully saturated rings. The van der Waals surface area contributed by atoms with E-state index in [2.05, 4.69) is 15.9 Å². The highest BCUT2D eigenvalue weighted by atomic mass is 79.9. The molecule has 2 rings (SSSR count). The number of aryl methyl sites for hydroxylation is 2. The monoisotopic (exact) mass is 312 g/mol. The fourth-order valence-corrected chi connectivity index (χ4v) is 3.35. The lowest BCUT2D eigenvalue weighted by Gasteiger charge is -2.02. The molecule has 0 aliphatic heterocycles. The first kappa shape index (κ1) is 12.5. The summed E-state index contributed by atoms with van der Waals surface area (Å²) < 4.78 is 14.3. The predicted molar refractivity (Wildman–Crippen MR) is 71.3 cm³/mol. The molecule has 0 aliphatic rings. The molecule has 88 valence electrons. The summed E-state index contributed by atoms with van der Waals surface area (Å²) in [6, 6.07) is 6.43. The van der Waals surface area contributed by atoms with Gasteiger partial charge >= 0.3 is 0 Å². The largest absolute Gasteiger partial charge is 0.288 e. The number of halogens is 2. The highest BCUT2D eigenvalue weighted by molar-refractivity contribution is 9.10. The van der Waals surface area contributed by atoms with Gasteiger partial charge in [-0.25, -0.2) is 4.39 Å². The molecule has 4 heteroatoms. The maximum atomic E-state index is 13.6. The van der Waals surface area contributed by atoms with E-state index in [9.17, 15) is 9.18 Å². The Morgan fingerprint density at radius 3 is 2.59 bits per heavy atom. The lowest BCUT2D eigenvalue weighted by Crippen LogP contribution is -2.03. The van der Waals surface area contributed by atoms with Crippen molar-refractivity contribution in [3.05, 3.63) is 55.4 Å². The number of ketones is 1. The molecule has 0 saturated heterocycles. The molecule has 0 N–H and O–H groups in total. The van der Waals surface area contributed by atoms with E-state index >= 15 is 0 Å². The van der Waals surface area contributed by atoms with Crippen molar-refractivity contribution in [1.29, 1.82) is 0 Å². The Hall–Kier alpha value is -1.00. The van der Waals surface area contributed by atoms with Gasteiger partial charge < -0.3 is 0 Å². The molecule has 1 aromatic carbocycles. The van der Waals surface area contributed by atoms with Crippen molar-refractivity contribution >= 4 is 33.0 Å². The van der Waals surface area contributed by atoms with Crippen molar-refractivity contribution in [2.45, 2.75) is 13.8 Å². The molecule has 0 bridgehead atoms. The molecule has 1 aromatic heterocycles. The molecule has 1 heterocycles. The molecule has 17 heavy (non-hydrogen) atoms. The number of hydrogen-bond donors (Lipinski definition) is 0. The van der Waals surface area contributed by atoms with Crippen molar-refractivity contribution in [3.8, 4) is 0 Å². The Balaban J connectivity index is 2.50. The summed E-state index contributed by atoms with van der Waals surface area (Å²) in [7, 11) is 0. The van der Waals surface area contributed by atoms with Crippen LogP contribution in [0.15, 0.2) is 28.7 Å². The Labute approximate surface area is 111 Å². The second-order valence-electron chi connectivity index (χ2n) is 3.85. The van der Waals surface area contributed by atoms with Crippen LogP contribution in [-0.2, 0) is 0 Å². The number of benzene rings is 1. The van der Waals surface area contributed by atoms with Crippen LogP contribution < -0.4 is 0 Å². The average Bonchev–Trinajstić information content (AvgIpc) is 2.60. The lowest BCUT2D eigenvalue weighted by molar-refractivity contribution is 0.103. The summed E-state index contributed by atoms with van der Waals surface area (Å²) >= 11 is 4.69. The minimum absolute atomic E-state index is 0.132. The third-order valence-electron chi connectivity index (χ3n) is 2.38. The van der Waals surface area contributed by atoms with Crippen molar-refractivity contribution in [3.63, 3.8) is 0 Å². The highest BCUT2D eigenvalue weighted by Crippen LogP contribution is 2.29. The number of carbonyl (C=O) groups is 1. The van der Waals surface area contributed by atoms with Crippen molar-refractivity contribution in [1.82, 2.24) is 0 Å². The smallest absolute Gasteiger partial charge is 0.207 e. The molecular formula is C13H10BrFOS. The van der Waals surface area contributed by atoms with Gasteiger partial charge in [-0.1, -0.05) is 11.6 Å². The van der Waals surface area contributed by atoms with Gasteiger partial charge in [0, 0.05) is 9.35 Å². The van der Waals surface area contributed by atoms with Gasteiger partial charge in [-0.2, -0.15) is 0 Å². The van der Waals surface area contributed by atoms with Crippen LogP contribution in [0.25, 0.3) is 0 Å². The van der Waals surface area contributed by atoms with E-state index in [4.69, 9.17) is 0 Å². The normalized spacial score (nSPS) is 10.6. The minimum Gasteiger partial charge on any atom is -0.288 e. The average molecular weight is 313 g/mol. The first-order valence-electron chi connectivity index (χ1n) is 5.06. The number of hydrogen-bond acceptors (Lipinski definition) is 2. The van der Waals surface area contributed by atoms with Crippen LogP contribution in [0.3, 0.4) is 0 Å². The maximum Gasteiger partial charge on any atom is 0.207 e. The van der Waals surface area contributed by atoms with Gasteiger partial charge in [0.15, 0.2) is 0 Å². The molecule has 0 spiro atoms. The summed E-state index contributed by atoms with van der Waals surface area (Å²) in [4.78, 5) is 13.8. The first-order chi connectivity index (χ1) is 7.99. The Kier molecular flexibility index (Phi) is 3.45. The molecule has 0 amide bonds. The quantitative estimate of drug-likeness (QED) is 0.746. The van der Waals surface area contributed by atoms with E-state index in [0.717, 1.165) is 14.9 Å². The molecule has 0 atom stereocenters. The van der Waals surface area contributed by atoms with Gasteiger partial charge in [0.2, 0.25) is 5.78 Å². The van der Waals surface area contributed by atoms with Crippen LogP contribution in [0.2, 0.25) is 0 Å². The van der Waals surface area contributed by atoms with Crippen LogP contribution in [0, 0.1) is 19.7 Å². The second-order valence-corrected chi connectivity index (χ2v) is 5.96. The Morgan fingerprint density at radius 2 is 2.00 bits per heavy atom. The van der Waals surface area contributed by atoms with E-state index in [1.807, 2.05) is 19.9 Å². The summed E-state index contributed by atoms with van der Waals surface area (Å²) in [5.74, 6) is -0.741. The molecule has 2 aromatic rings. The fraction of sp³-hybridized carbons (Fsp3) is 0.154. The van der Waals surface area contributed by atoms with Crippen molar-refractivity contribution in [2.24, 2.45) is 0 Å². The van der Waals surface area contributed by atoms with E-state index in [0.29, 0.717) is 4.88 Å². The Morgan fingerprint density at radius 1 is 1.29 bits per heavy atom. The third kappa shape index (κ3) is 2.48. The van der Waals surface area contributed by atoms with Crippen LogP contribution in [0.1, 0.15) is 25.7 Å². The van der Waals surface area contributed by atoms with Crippen molar-refractivity contribution < 1.29 is 9.18 Å². The van der Waals surface area contributed by atoms with Crippen molar-refractivity contribution in [2.75, 3.05) is 0 Å². The van der Waals surface area contributed by atoms with Gasteiger partial charge in [0.25, 0.3) is 0 Å². The zero-order valence-electron chi connectivity index (χ0n) is 9.38. The van der Waals surface area contributed by atoms with Gasteiger partial charge in [-0.05, 0) is 48.0 Å². The molecule has 0 aliphatic carbocycles. The van der Waals surface area contributed by atoms with Gasteiger partial charge in [0.05, 0.1) is 10.4 Å². The third-order valence-corrected chi connectivity index (χ3v) is 4.32. The summed E-state index contributed by atoms with van der Waals surface area (Å²) in [6.07, 6.45) is 0. The maximum absolute atomic E-state index is 13.6. The SMILES string of the molecule is Cc1ccc(F)c(C(=O)c2sc(C)cc2Br)c1. The molecule has 1 nitrogen and oxygen atoms in total. The second kappa shape index (κ2) is 4.70. The molecule has 0 radical (unpaired) electrons. The Bertz CT molecular complexity index is 589. The van der Waals surface area contributed by atoms with E-state index in [1.165, 1.54) is 17.4 Å². The summed E-state index contributed by atoms with van der Waals surface area (Å²) in [5, 5.41) is 0. The summed E-state index contributed by atoms with van der Waals surface area (Å²) in [5.41, 5.74) is 1.01. The van der Waals surface area contributed by atoms with Crippen LogP contribution >= 0.6 is 27.3 Å². The van der Waals surface area contributed by atoms with Crippen LogP contribution in [0.4, 0.5) is 4.39 Å². The van der Waals surface area contributed by atoms with Crippen LogP contribution in [-0.4, -0.2) is 5.78 Å². The standard InChI is InChI=1S/C13H10BrFOS/c1-7-3-4-11(15)9(5-7)12(16)13-10(14)6-8(2)17-13/h3-6H,1-2H3. The first-order valence-corrected chi connectivity index (χ1v) is 6.67. The predicted octanol–water partition coefficient (Wildman–Crippen LogP) is 4.50. The van der Waals surface area contributed by atoms with E-state index in [-0.39, 0.29) is 11.3 Å². The lowest BCUT2D eigenvalue weighted by atomic mass is 10.1. The molecule has 0 saturated carbocycles. The zero-order valence-corrected chi connectivity index (χ0v) is 11.8. The minimum atomic E-state index is -0.474. The zero-order chi connectivity index (χ0) is 12.6. The summed E-state index contributed by atoms with van der Waals surface area (Å²) in [6.45, 7) is 3.75. The topological polar surface area (TPSA) is 17.1 Å². The molecular weight excluding hydrogens is 303 g/mol. The van der Waals surface area contributed by atoms with Gasteiger partial charge in [-0.15, -0.1) is 11.3 Å². The van der Waals surface area contributed by atoms with Gasteiger partial charge in [0.1, 0.15) is 5.82 Å². The van der Waals surface area contributed by atoms with E-state index < -0.39 is 5.82 Å². The number of rotatable bonds is 2. The number of carbonyl (C=O) groups excluding carboxylic acids is 1. The number of thiophene rings is 1. The van der Waals surface area contributed by atoms with E-state index in [1.54, 1.807) is 12.1 Å². The molecule has 0 unspecified atom stereocenters. The van der Waals surface area contributed by atoms with Gasteiger partial charge in [-0.3, -0.25) is 4.79 Å². The fourth-order valence-electron chi connectivity index (χ4n) is 1.57. The van der Waals surface area contributed by atoms with Crippen LogP contribution in [0.5, 0.6) is 0 Å². The highest BCUT2D eigenvalue weighted by Gasteiger charge is 2.18.